The van der Waals surface area contributed by atoms with Gasteiger partial charge in [-0.1, -0.05) is 18.0 Å². The van der Waals surface area contributed by atoms with Gasteiger partial charge in [0.1, 0.15) is 0 Å². The van der Waals surface area contributed by atoms with E-state index in [1.165, 1.54) is 18.2 Å². The molecule has 1 aromatic rings. The van der Waals surface area contributed by atoms with Gasteiger partial charge in [-0.3, -0.25) is 9.59 Å². The van der Waals surface area contributed by atoms with Crippen molar-refractivity contribution in [1.29, 1.82) is 0 Å². The van der Waals surface area contributed by atoms with Crippen molar-refractivity contribution in [3.05, 3.63) is 28.8 Å². The van der Waals surface area contributed by atoms with E-state index >= 15 is 0 Å². The van der Waals surface area contributed by atoms with Crippen molar-refractivity contribution in [2.75, 3.05) is 4.90 Å². The summed E-state index contributed by atoms with van der Waals surface area (Å²) in [6, 6.07) is 4.02. The number of nitrogens with zero attached hydrogens (tertiary/aromatic N) is 1. The molecule has 104 valence electrons. The van der Waals surface area contributed by atoms with E-state index in [1.54, 1.807) is 0 Å². The first-order valence-corrected chi connectivity index (χ1v) is 6.79. The van der Waals surface area contributed by atoms with Crippen molar-refractivity contribution < 1.29 is 19.5 Å². The average Bonchev–Trinajstić information content (AvgIpc) is 2.96. The summed E-state index contributed by atoms with van der Waals surface area (Å²) in [5.74, 6) is -2.02. The van der Waals surface area contributed by atoms with E-state index in [1.807, 2.05) is 0 Å². The maximum absolute atomic E-state index is 12.3. The maximum atomic E-state index is 12.3. The summed E-state index contributed by atoms with van der Waals surface area (Å²) >= 11 is 6.03. The second kappa shape index (κ2) is 4.59. The summed E-state index contributed by atoms with van der Waals surface area (Å²) in [5, 5.41) is 9.00. The van der Waals surface area contributed by atoms with Crippen LogP contribution in [0.3, 0.4) is 0 Å². The van der Waals surface area contributed by atoms with Crippen LogP contribution in [0.1, 0.15) is 29.6 Å². The highest BCUT2D eigenvalue weighted by Gasteiger charge is 2.50. The molecule has 2 unspecified atom stereocenters. The number of halogens is 1. The number of rotatable bonds is 2. The van der Waals surface area contributed by atoms with Crippen LogP contribution in [0.5, 0.6) is 0 Å². The van der Waals surface area contributed by atoms with Crippen LogP contribution in [0.15, 0.2) is 18.2 Å². The zero-order valence-electron chi connectivity index (χ0n) is 10.5. The summed E-state index contributed by atoms with van der Waals surface area (Å²) in [7, 11) is 0. The van der Waals surface area contributed by atoms with Gasteiger partial charge in [0.2, 0.25) is 11.8 Å². The third-order valence-electron chi connectivity index (χ3n) is 4.03. The van der Waals surface area contributed by atoms with Gasteiger partial charge in [-0.15, -0.1) is 0 Å². The minimum absolute atomic E-state index is 0.0260. The lowest BCUT2D eigenvalue weighted by atomic mass is 10.00. The normalized spacial score (nSPS) is 25.1. The summed E-state index contributed by atoms with van der Waals surface area (Å²) in [6.07, 6.45) is 2.36. The molecular weight excluding hydrogens is 282 g/mol. The van der Waals surface area contributed by atoms with E-state index in [0.717, 1.165) is 24.2 Å². The number of fused-ring (bicyclic) bond motifs is 1. The van der Waals surface area contributed by atoms with Crippen LogP contribution in [0.25, 0.3) is 0 Å². The van der Waals surface area contributed by atoms with Crippen molar-refractivity contribution in [3.8, 4) is 0 Å². The summed E-state index contributed by atoms with van der Waals surface area (Å²) in [5.41, 5.74) is 0.305. The molecule has 0 aromatic heterocycles. The van der Waals surface area contributed by atoms with Gasteiger partial charge in [0.15, 0.2) is 0 Å². The first-order chi connectivity index (χ1) is 9.50. The third-order valence-corrected chi connectivity index (χ3v) is 4.33. The molecule has 2 aliphatic rings. The van der Waals surface area contributed by atoms with Crippen LogP contribution in [0.4, 0.5) is 5.69 Å². The predicted molar refractivity (Wildman–Crippen MR) is 71.7 cm³/mol. The number of carbonyl (C=O) groups excluding carboxylic acids is 2. The number of amides is 2. The van der Waals surface area contributed by atoms with Gasteiger partial charge in [-0.25, -0.2) is 9.69 Å². The van der Waals surface area contributed by atoms with Gasteiger partial charge >= 0.3 is 5.97 Å². The highest BCUT2D eigenvalue weighted by Crippen LogP contribution is 2.43. The molecular formula is C14H12ClNO4. The van der Waals surface area contributed by atoms with Crippen LogP contribution in [-0.2, 0) is 9.59 Å². The van der Waals surface area contributed by atoms with Gasteiger partial charge < -0.3 is 5.11 Å². The molecule has 2 fully saturated rings. The highest BCUT2D eigenvalue weighted by atomic mass is 35.5. The molecule has 2 amide bonds. The molecule has 5 nitrogen and oxygen atoms in total. The quantitative estimate of drug-likeness (QED) is 0.849. The lowest BCUT2D eigenvalue weighted by molar-refractivity contribution is -0.122. The number of carboxylic acids is 1. The monoisotopic (exact) mass is 293 g/mol. The Bertz CT molecular complexity index is 606. The second-order valence-corrected chi connectivity index (χ2v) is 5.53. The molecule has 3 rings (SSSR count). The minimum atomic E-state index is -1.10. The number of benzene rings is 1. The van der Waals surface area contributed by atoms with Crippen LogP contribution >= 0.6 is 11.6 Å². The lowest BCUT2D eigenvalue weighted by Gasteiger charge is -2.17. The zero-order chi connectivity index (χ0) is 14.4. The Labute approximate surface area is 120 Å². The van der Waals surface area contributed by atoms with Gasteiger partial charge in [-0.2, -0.15) is 0 Å². The number of hydrogen-bond acceptors (Lipinski definition) is 3. The van der Waals surface area contributed by atoms with Crippen molar-refractivity contribution in [2.24, 2.45) is 11.8 Å². The fraction of sp³-hybridized carbons (Fsp3) is 0.357. The van der Waals surface area contributed by atoms with E-state index in [2.05, 4.69) is 0 Å². The van der Waals surface area contributed by atoms with Gasteiger partial charge in [0.25, 0.3) is 0 Å². The number of anilines is 1. The smallest absolute Gasteiger partial charge is 0.335 e. The van der Waals surface area contributed by atoms with E-state index < -0.39 is 5.97 Å². The van der Waals surface area contributed by atoms with Crippen LogP contribution in [0.2, 0.25) is 5.02 Å². The molecule has 6 heteroatoms. The van der Waals surface area contributed by atoms with E-state index in [-0.39, 0.29) is 39.9 Å². The van der Waals surface area contributed by atoms with Crippen LogP contribution < -0.4 is 4.90 Å². The number of imide groups is 1. The summed E-state index contributed by atoms with van der Waals surface area (Å²) < 4.78 is 0. The number of aromatic carboxylic acids is 1. The number of carbonyl (C=O) groups is 3. The molecule has 1 saturated carbocycles. The molecule has 1 N–H and O–H groups in total. The largest absolute Gasteiger partial charge is 0.478 e. The molecule has 1 heterocycles. The molecule has 2 atom stereocenters. The highest BCUT2D eigenvalue weighted by molar-refractivity contribution is 6.36. The Hall–Kier alpha value is -1.88. The van der Waals surface area contributed by atoms with Crippen molar-refractivity contribution in [2.45, 2.75) is 19.3 Å². The van der Waals surface area contributed by atoms with Crippen LogP contribution in [-0.4, -0.2) is 22.9 Å². The molecule has 1 aliphatic heterocycles. The van der Waals surface area contributed by atoms with Crippen molar-refractivity contribution >= 4 is 35.1 Å². The van der Waals surface area contributed by atoms with E-state index in [0.29, 0.717) is 0 Å². The van der Waals surface area contributed by atoms with Crippen molar-refractivity contribution in [1.82, 2.24) is 0 Å². The average molecular weight is 294 g/mol. The second-order valence-electron chi connectivity index (χ2n) is 5.13. The zero-order valence-corrected chi connectivity index (χ0v) is 11.3. The fourth-order valence-corrected chi connectivity index (χ4v) is 3.32. The van der Waals surface area contributed by atoms with E-state index in [9.17, 15) is 14.4 Å². The van der Waals surface area contributed by atoms with Gasteiger partial charge in [0, 0.05) is 0 Å². The Morgan fingerprint density at radius 2 is 1.80 bits per heavy atom. The predicted octanol–water partition coefficient (Wildman–Crippen LogP) is 2.33. The third kappa shape index (κ3) is 1.81. The molecule has 0 radical (unpaired) electrons. The Morgan fingerprint density at radius 3 is 2.30 bits per heavy atom. The Morgan fingerprint density at radius 1 is 1.20 bits per heavy atom. The Balaban J connectivity index is 1.99. The SMILES string of the molecule is O=C(O)c1ccc(N2C(=O)C3CCCC3C2=O)c(Cl)c1. The molecule has 1 aliphatic carbocycles. The number of hydrogen-bond donors (Lipinski definition) is 1. The van der Waals surface area contributed by atoms with Crippen molar-refractivity contribution in [3.63, 3.8) is 0 Å². The molecule has 20 heavy (non-hydrogen) atoms. The molecule has 1 aromatic carbocycles. The molecule has 1 saturated heterocycles. The van der Waals surface area contributed by atoms with Gasteiger partial charge in [0.05, 0.1) is 28.1 Å². The minimum Gasteiger partial charge on any atom is -0.478 e. The maximum Gasteiger partial charge on any atom is 0.335 e. The fourth-order valence-electron chi connectivity index (χ4n) is 3.05. The number of carboxylic acid groups (broad SMARTS) is 1. The van der Waals surface area contributed by atoms with E-state index in [4.69, 9.17) is 16.7 Å². The van der Waals surface area contributed by atoms with Gasteiger partial charge in [-0.05, 0) is 31.0 Å². The molecule has 0 bridgehead atoms. The standard InChI is InChI=1S/C14H12ClNO4/c15-10-6-7(14(19)20)4-5-11(10)16-12(17)8-2-1-3-9(8)13(16)18/h4-6,8-9H,1-3H2,(H,19,20). The Kier molecular flexibility index (Phi) is 3.01. The first-order valence-electron chi connectivity index (χ1n) is 6.41. The summed E-state index contributed by atoms with van der Waals surface area (Å²) in [4.78, 5) is 36.6. The van der Waals surface area contributed by atoms with Crippen LogP contribution in [0, 0.1) is 11.8 Å². The topological polar surface area (TPSA) is 74.7 Å². The lowest BCUT2D eigenvalue weighted by Crippen LogP contribution is -2.31. The summed E-state index contributed by atoms with van der Waals surface area (Å²) in [6.45, 7) is 0. The first kappa shape index (κ1) is 13.1. The molecule has 0 spiro atoms.